The molecule has 0 spiro atoms. The SMILES string of the molecule is CC.CC(C)C1=C(C(C)C)N(C(C)C)C(=O)CC(C(C)(C)C)=C1C(C)C. The summed E-state index contributed by atoms with van der Waals surface area (Å²) in [6.07, 6.45) is 0.543. The molecule has 0 N–H and O–H groups in total. The Hall–Kier alpha value is -1.05. The van der Waals surface area contributed by atoms with Crippen LogP contribution in [0, 0.1) is 23.2 Å². The van der Waals surface area contributed by atoms with Crippen LogP contribution < -0.4 is 0 Å². The molecule has 152 valence electrons. The fourth-order valence-corrected chi connectivity index (χ4v) is 3.99. The molecule has 0 atom stereocenters. The van der Waals surface area contributed by atoms with E-state index in [9.17, 15) is 4.79 Å². The van der Waals surface area contributed by atoms with Gasteiger partial charge in [-0.15, -0.1) is 0 Å². The van der Waals surface area contributed by atoms with Crippen LogP contribution in [0.4, 0.5) is 0 Å². The van der Waals surface area contributed by atoms with Crippen LogP contribution in [0.5, 0.6) is 0 Å². The Morgan fingerprint density at radius 3 is 1.46 bits per heavy atom. The fraction of sp³-hybridized carbons (Fsp3) is 0.792. The highest BCUT2D eigenvalue weighted by Crippen LogP contribution is 2.44. The average molecular weight is 364 g/mol. The van der Waals surface area contributed by atoms with Crippen LogP contribution in [-0.4, -0.2) is 16.8 Å². The van der Waals surface area contributed by atoms with Crippen LogP contribution in [0.2, 0.25) is 0 Å². The van der Waals surface area contributed by atoms with E-state index in [0.29, 0.717) is 24.2 Å². The second kappa shape index (κ2) is 9.76. The lowest BCUT2D eigenvalue weighted by molar-refractivity contribution is -0.130. The van der Waals surface area contributed by atoms with Crippen molar-refractivity contribution in [3.63, 3.8) is 0 Å². The normalized spacial score (nSPS) is 16.8. The maximum absolute atomic E-state index is 13.2. The van der Waals surface area contributed by atoms with E-state index in [1.165, 1.54) is 22.4 Å². The van der Waals surface area contributed by atoms with Gasteiger partial charge in [0, 0.05) is 18.2 Å². The van der Waals surface area contributed by atoms with E-state index in [1.807, 2.05) is 13.8 Å². The molecule has 0 saturated heterocycles. The van der Waals surface area contributed by atoms with Crippen molar-refractivity contribution >= 4 is 5.91 Å². The number of carbonyl (C=O) groups is 1. The monoisotopic (exact) mass is 363 g/mol. The molecule has 2 nitrogen and oxygen atoms in total. The van der Waals surface area contributed by atoms with Gasteiger partial charge in [-0.2, -0.15) is 0 Å². The molecule has 0 unspecified atom stereocenters. The molecule has 2 heteroatoms. The molecule has 1 rings (SSSR count). The topological polar surface area (TPSA) is 20.3 Å². The summed E-state index contributed by atoms with van der Waals surface area (Å²) in [7, 11) is 0. The minimum atomic E-state index is 0.00445. The van der Waals surface area contributed by atoms with Gasteiger partial charge in [0.2, 0.25) is 5.91 Å². The quantitative estimate of drug-likeness (QED) is 0.516. The molecule has 0 fully saturated rings. The van der Waals surface area contributed by atoms with Gasteiger partial charge in [0.1, 0.15) is 0 Å². The van der Waals surface area contributed by atoms with E-state index < -0.39 is 0 Å². The number of carbonyl (C=O) groups excluding carboxylic acids is 1. The third-order valence-electron chi connectivity index (χ3n) is 4.87. The molecule has 0 aliphatic carbocycles. The van der Waals surface area contributed by atoms with Crippen molar-refractivity contribution in [3.8, 4) is 0 Å². The maximum atomic E-state index is 13.2. The predicted molar refractivity (Wildman–Crippen MR) is 116 cm³/mol. The summed E-state index contributed by atoms with van der Waals surface area (Å²) in [6.45, 7) is 28.5. The van der Waals surface area contributed by atoms with E-state index in [-0.39, 0.29) is 17.4 Å². The van der Waals surface area contributed by atoms with Gasteiger partial charge in [-0.1, -0.05) is 81.7 Å². The number of allylic oxidation sites excluding steroid dienone is 3. The van der Waals surface area contributed by atoms with Crippen molar-refractivity contribution < 1.29 is 4.79 Å². The molecule has 0 aromatic rings. The zero-order valence-electron chi connectivity index (χ0n) is 19.9. The first kappa shape index (κ1) is 24.9. The van der Waals surface area contributed by atoms with Crippen LogP contribution in [-0.2, 0) is 4.79 Å². The Labute approximate surface area is 164 Å². The van der Waals surface area contributed by atoms with Crippen molar-refractivity contribution in [1.29, 1.82) is 0 Å². The Morgan fingerprint density at radius 2 is 1.19 bits per heavy atom. The highest BCUT2D eigenvalue weighted by molar-refractivity contribution is 5.83. The first-order valence-electron chi connectivity index (χ1n) is 10.6. The third kappa shape index (κ3) is 5.47. The molecule has 1 amide bonds. The number of hydrogen-bond acceptors (Lipinski definition) is 1. The van der Waals surface area contributed by atoms with Gasteiger partial charge in [0.25, 0.3) is 0 Å². The lowest BCUT2D eigenvalue weighted by Crippen LogP contribution is -2.38. The fourth-order valence-electron chi connectivity index (χ4n) is 3.99. The minimum Gasteiger partial charge on any atom is -0.313 e. The van der Waals surface area contributed by atoms with Crippen molar-refractivity contribution in [2.24, 2.45) is 23.2 Å². The highest BCUT2D eigenvalue weighted by Gasteiger charge is 2.37. The van der Waals surface area contributed by atoms with E-state index in [0.717, 1.165) is 0 Å². The lowest BCUT2D eigenvalue weighted by atomic mass is 9.74. The van der Waals surface area contributed by atoms with Crippen molar-refractivity contribution in [2.75, 3.05) is 0 Å². The van der Waals surface area contributed by atoms with Gasteiger partial charge in [-0.05, 0) is 48.2 Å². The van der Waals surface area contributed by atoms with E-state index >= 15 is 0 Å². The molecule has 0 radical (unpaired) electrons. The summed E-state index contributed by atoms with van der Waals surface area (Å²) in [5, 5.41) is 0. The number of rotatable bonds is 4. The summed E-state index contributed by atoms with van der Waals surface area (Å²) in [5.41, 5.74) is 5.41. The van der Waals surface area contributed by atoms with Crippen LogP contribution in [0.15, 0.2) is 22.4 Å². The first-order valence-corrected chi connectivity index (χ1v) is 10.6. The van der Waals surface area contributed by atoms with Gasteiger partial charge < -0.3 is 4.90 Å². The highest BCUT2D eigenvalue weighted by atomic mass is 16.2. The van der Waals surface area contributed by atoms with E-state index in [1.54, 1.807) is 0 Å². The van der Waals surface area contributed by atoms with E-state index in [2.05, 4.69) is 81.1 Å². The smallest absolute Gasteiger partial charge is 0.231 e. The first-order chi connectivity index (χ1) is 11.8. The zero-order valence-corrected chi connectivity index (χ0v) is 19.9. The Bertz CT molecular complexity index is 539. The summed E-state index contributed by atoms with van der Waals surface area (Å²) < 4.78 is 0. The molecule has 0 aromatic carbocycles. The van der Waals surface area contributed by atoms with Crippen molar-refractivity contribution in [2.45, 2.75) is 102 Å². The van der Waals surface area contributed by atoms with Crippen molar-refractivity contribution in [3.05, 3.63) is 22.4 Å². The maximum Gasteiger partial charge on any atom is 0.231 e. The number of nitrogens with zero attached hydrogens (tertiary/aromatic N) is 1. The molecule has 0 saturated carbocycles. The summed E-state index contributed by atoms with van der Waals surface area (Å²) >= 11 is 0. The summed E-state index contributed by atoms with van der Waals surface area (Å²) in [6, 6.07) is 0.191. The molecule has 1 heterocycles. The Morgan fingerprint density at radius 1 is 0.769 bits per heavy atom. The molecule has 0 aromatic heterocycles. The van der Waals surface area contributed by atoms with Gasteiger partial charge in [0.05, 0.1) is 0 Å². The van der Waals surface area contributed by atoms with Crippen molar-refractivity contribution in [1.82, 2.24) is 4.90 Å². The summed E-state index contributed by atoms with van der Waals surface area (Å²) in [4.78, 5) is 15.3. The standard InChI is InChI=1S/C22H39NO.C2H6/c1-13(2)19-17(22(9,10)11)12-18(24)23(16(7)8)21(15(5)6)20(19)14(3)4;1-2/h13-16H,12H2,1-11H3;1-2H3. The zero-order chi connectivity index (χ0) is 21.0. The van der Waals surface area contributed by atoms with Crippen LogP contribution in [0.1, 0.15) is 96.4 Å². The van der Waals surface area contributed by atoms with Gasteiger partial charge in [0.15, 0.2) is 0 Å². The second-order valence-electron chi connectivity index (χ2n) is 9.44. The predicted octanol–water partition coefficient (Wildman–Crippen LogP) is 7.22. The molecular formula is C24H45NO. The Balaban J connectivity index is 0.00000301. The molecule has 1 aliphatic heterocycles. The van der Waals surface area contributed by atoms with Crippen LogP contribution in [0.25, 0.3) is 0 Å². The van der Waals surface area contributed by atoms with Crippen LogP contribution >= 0.6 is 0 Å². The summed E-state index contributed by atoms with van der Waals surface area (Å²) in [5.74, 6) is 1.42. The third-order valence-corrected chi connectivity index (χ3v) is 4.87. The minimum absolute atomic E-state index is 0.00445. The van der Waals surface area contributed by atoms with Gasteiger partial charge >= 0.3 is 0 Å². The van der Waals surface area contributed by atoms with Crippen LogP contribution in [0.3, 0.4) is 0 Å². The van der Waals surface area contributed by atoms with Gasteiger partial charge in [-0.3, -0.25) is 4.79 Å². The second-order valence-corrected chi connectivity index (χ2v) is 9.44. The molecule has 26 heavy (non-hydrogen) atoms. The van der Waals surface area contributed by atoms with E-state index in [4.69, 9.17) is 0 Å². The largest absolute Gasteiger partial charge is 0.313 e. The lowest BCUT2D eigenvalue weighted by Gasteiger charge is -2.34. The molecule has 1 aliphatic rings. The molecule has 0 bridgehead atoms. The van der Waals surface area contributed by atoms with Gasteiger partial charge in [-0.25, -0.2) is 0 Å². The number of hydrogen-bond donors (Lipinski definition) is 0. The molecular weight excluding hydrogens is 318 g/mol. The Kier molecular flexibility index (Phi) is 9.37. The average Bonchev–Trinajstić information content (AvgIpc) is 2.62. The number of amides is 1.